The van der Waals surface area contributed by atoms with E-state index in [0.29, 0.717) is 19.0 Å². The number of amides is 2. The maximum Gasteiger partial charge on any atom is 0.226 e. The molecule has 2 aromatic heterocycles. The first-order valence-corrected chi connectivity index (χ1v) is 12.7. The SMILES string of the molecule is CN(CCCn1ccc2ccccc21)C(=O)[C@@H]1CC[C@@H]1C(=O)NCCCn1nccc1C1CC1. The first-order chi connectivity index (χ1) is 16.6. The lowest BCUT2D eigenvalue weighted by atomic mass is 9.72. The van der Waals surface area contributed by atoms with Gasteiger partial charge in [0.25, 0.3) is 0 Å². The van der Waals surface area contributed by atoms with Crippen LogP contribution in [0, 0.1) is 11.8 Å². The minimum absolute atomic E-state index is 0.0275. The van der Waals surface area contributed by atoms with Gasteiger partial charge in [-0.25, -0.2) is 0 Å². The van der Waals surface area contributed by atoms with Crippen LogP contribution in [0.2, 0.25) is 0 Å². The Kier molecular flexibility index (Phi) is 6.70. The molecule has 0 radical (unpaired) electrons. The van der Waals surface area contributed by atoms with Crippen LogP contribution in [0.5, 0.6) is 0 Å². The van der Waals surface area contributed by atoms with Crippen LogP contribution in [-0.4, -0.2) is 51.2 Å². The molecule has 0 unspecified atom stereocenters. The zero-order valence-corrected chi connectivity index (χ0v) is 20.0. The molecule has 2 atom stereocenters. The molecule has 5 rings (SSSR count). The normalized spacial score (nSPS) is 19.7. The average Bonchev–Trinajstić information content (AvgIpc) is 3.41. The second-order valence-corrected chi connectivity index (χ2v) is 9.87. The van der Waals surface area contributed by atoms with Gasteiger partial charge in [0.1, 0.15) is 0 Å². The summed E-state index contributed by atoms with van der Waals surface area (Å²) in [5.41, 5.74) is 2.55. The minimum Gasteiger partial charge on any atom is -0.356 e. The lowest BCUT2D eigenvalue weighted by Gasteiger charge is -2.36. The number of aryl methyl sites for hydroxylation is 2. The van der Waals surface area contributed by atoms with E-state index in [1.165, 1.54) is 29.4 Å². The topological polar surface area (TPSA) is 72.2 Å². The smallest absolute Gasteiger partial charge is 0.226 e. The van der Waals surface area contributed by atoms with Crippen LogP contribution in [0.1, 0.15) is 50.1 Å². The maximum atomic E-state index is 13.0. The summed E-state index contributed by atoms with van der Waals surface area (Å²) in [6.45, 7) is 3.02. The van der Waals surface area contributed by atoms with Crippen LogP contribution < -0.4 is 5.32 Å². The number of carbonyl (C=O) groups is 2. The summed E-state index contributed by atoms with van der Waals surface area (Å²) in [4.78, 5) is 27.5. The van der Waals surface area contributed by atoms with E-state index in [2.05, 4.69) is 62.3 Å². The van der Waals surface area contributed by atoms with E-state index in [-0.39, 0.29) is 23.7 Å². The van der Waals surface area contributed by atoms with Gasteiger partial charge in [-0.15, -0.1) is 0 Å². The molecule has 180 valence electrons. The molecule has 2 amide bonds. The maximum absolute atomic E-state index is 13.0. The van der Waals surface area contributed by atoms with Crippen molar-refractivity contribution in [2.75, 3.05) is 20.1 Å². The van der Waals surface area contributed by atoms with Crippen molar-refractivity contribution in [3.63, 3.8) is 0 Å². The number of nitrogens with zero attached hydrogens (tertiary/aromatic N) is 4. The van der Waals surface area contributed by atoms with Crippen molar-refractivity contribution in [3.05, 3.63) is 54.5 Å². The summed E-state index contributed by atoms with van der Waals surface area (Å²) in [5.74, 6) is 0.451. The van der Waals surface area contributed by atoms with Crippen molar-refractivity contribution >= 4 is 22.7 Å². The molecular weight excluding hydrogens is 426 g/mol. The summed E-state index contributed by atoms with van der Waals surface area (Å²) < 4.78 is 4.31. The predicted octanol–water partition coefficient (Wildman–Crippen LogP) is 3.80. The highest BCUT2D eigenvalue weighted by atomic mass is 16.2. The monoisotopic (exact) mass is 461 g/mol. The molecule has 7 nitrogen and oxygen atoms in total. The fourth-order valence-electron chi connectivity index (χ4n) is 5.14. The third kappa shape index (κ3) is 4.88. The summed E-state index contributed by atoms with van der Waals surface area (Å²) in [7, 11) is 1.87. The fraction of sp³-hybridized carbons (Fsp3) is 0.519. The molecule has 0 bridgehead atoms. The van der Waals surface area contributed by atoms with E-state index < -0.39 is 0 Å². The van der Waals surface area contributed by atoms with E-state index in [4.69, 9.17) is 0 Å². The van der Waals surface area contributed by atoms with Crippen LogP contribution >= 0.6 is 0 Å². The van der Waals surface area contributed by atoms with Gasteiger partial charge in [0.15, 0.2) is 0 Å². The number of carbonyl (C=O) groups excluding carboxylic acids is 2. The number of fused-ring (bicyclic) bond motifs is 1. The highest BCUT2D eigenvalue weighted by molar-refractivity contribution is 5.89. The number of para-hydroxylation sites is 1. The van der Waals surface area contributed by atoms with Crippen molar-refractivity contribution in [2.24, 2.45) is 11.8 Å². The van der Waals surface area contributed by atoms with Gasteiger partial charge in [0, 0.05) is 74.6 Å². The van der Waals surface area contributed by atoms with Crippen molar-refractivity contribution in [1.82, 2.24) is 24.6 Å². The fourth-order valence-corrected chi connectivity index (χ4v) is 5.14. The molecule has 3 aromatic rings. The molecule has 2 fully saturated rings. The van der Waals surface area contributed by atoms with Gasteiger partial charge in [0.05, 0.1) is 0 Å². The molecule has 34 heavy (non-hydrogen) atoms. The van der Waals surface area contributed by atoms with Crippen LogP contribution in [-0.2, 0) is 22.7 Å². The molecule has 2 aliphatic carbocycles. The first-order valence-electron chi connectivity index (χ1n) is 12.7. The number of hydrogen-bond acceptors (Lipinski definition) is 3. The van der Waals surface area contributed by atoms with Gasteiger partial charge in [-0.05, 0) is 62.1 Å². The number of rotatable bonds is 11. The summed E-state index contributed by atoms with van der Waals surface area (Å²) >= 11 is 0. The van der Waals surface area contributed by atoms with Crippen molar-refractivity contribution < 1.29 is 9.59 Å². The average molecular weight is 462 g/mol. The molecule has 0 saturated heterocycles. The van der Waals surface area contributed by atoms with Gasteiger partial charge in [0.2, 0.25) is 11.8 Å². The highest BCUT2D eigenvalue weighted by Crippen LogP contribution is 2.39. The third-order valence-electron chi connectivity index (χ3n) is 7.47. The van der Waals surface area contributed by atoms with Gasteiger partial charge in [-0.3, -0.25) is 14.3 Å². The zero-order valence-electron chi connectivity index (χ0n) is 20.0. The second-order valence-electron chi connectivity index (χ2n) is 9.87. The van der Waals surface area contributed by atoms with Crippen molar-refractivity contribution in [3.8, 4) is 0 Å². The number of hydrogen-bond donors (Lipinski definition) is 1. The van der Waals surface area contributed by atoms with Crippen molar-refractivity contribution in [2.45, 2.75) is 57.5 Å². The molecule has 7 heteroatoms. The van der Waals surface area contributed by atoms with E-state index in [1.807, 2.05) is 18.1 Å². The highest BCUT2D eigenvalue weighted by Gasteiger charge is 2.42. The van der Waals surface area contributed by atoms with E-state index >= 15 is 0 Å². The lowest BCUT2D eigenvalue weighted by Crippen LogP contribution is -2.48. The zero-order chi connectivity index (χ0) is 23.5. The van der Waals surface area contributed by atoms with Crippen LogP contribution in [0.15, 0.2) is 48.8 Å². The molecule has 2 heterocycles. The number of aromatic nitrogens is 3. The molecule has 0 spiro atoms. The molecule has 2 saturated carbocycles. The Morgan fingerprint density at radius 2 is 1.85 bits per heavy atom. The lowest BCUT2D eigenvalue weighted by molar-refractivity contribution is -0.146. The van der Waals surface area contributed by atoms with E-state index in [9.17, 15) is 9.59 Å². The third-order valence-corrected chi connectivity index (χ3v) is 7.47. The van der Waals surface area contributed by atoms with Gasteiger partial charge in [-0.2, -0.15) is 5.10 Å². The quantitative estimate of drug-likeness (QED) is 0.442. The Balaban J connectivity index is 1.03. The first kappa shape index (κ1) is 22.7. The molecule has 2 aliphatic rings. The summed E-state index contributed by atoms with van der Waals surface area (Å²) in [6, 6.07) is 12.6. The molecular formula is C27H35N5O2. The van der Waals surface area contributed by atoms with Crippen LogP contribution in [0.3, 0.4) is 0 Å². The van der Waals surface area contributed by atoms with Gasteiger partial charge >= 0.3 is 0 Å². The second kappa shape index (κ2) is 10.0. The standard InChI is InChI=1S/C27H35N5O2/c1-30(16-5-17-31-19-13-20-6-2-3-7-24(20)31)27(34)23-11-10-22(23)26(33)28-14-4-18-32-25(12-15-29-32)21-8-9-21/h2-3,6-7,12-13,15,19,21-23H,4-5,8-11,14,16-18H2,1H3,(H,28,33)/t22-,23+/m0/s1. The van der Waals surface area contributed by atoms with Gasteiger partial charge < -0.3 is 14.8 Å². The molecule has 1 aromatic carbocycles. The Morgan fingerprint density at radius 1 is 1.03 bits per heavy atom. The van der Waals surface area contributed by atoms with Crippen LogP contribution in [0.4, 0.5) is 0 Å². The number of benzene rings is 1. The summed E-state index contributed by atoms with van der Waals surface area (Å²) in [5, 5.41) is 8.72. The largest absolute Gasteiger partial charge is 0.356 e. The Bertz CT molecular complexity index is 1140. The Hall–Kier alpha value is -3.09. The minimum atomic E-state index is -0.185. The Morgan fingerprint density at radius 3 is 2.65 bits per heavy atom. The molecule has 0 aliphatic heterocycles. The van der Waals surface area contributed by atoms with E-state index in [0.717, 1.165) is 38.8 Å². The summed E-state index contributed by atoms with van der Waals surface area (Å²) in [6.07, 6.45) is 9.85. The van der Waals surface area contributed by atoms with Crippen molar-refractivity contribution in [1.29, 1.82) is 0 Å². The predicted molar refractivity (Wildman–Crippen MR) is 132 cm³/mol. The Labute approximate surface area is 201 Å². The molecule has 1 N–H and O–H groups in total. The van der Waals surface area contributed by atoms with Gasteiger partial charge in [-0.1, -0.05) is 18.2 Å². The number of nitrogens with one attached hydrogen (secondary N) is 1. The van der Waals surface area contributed by atoms with E-state index in [1.54, 1.807) is 0 Å². The van der Waals surface area contributed by atoms with Crippen LogP contribution in [0.25, 0.3) is 10.9 Å².